The maximum atomic E-state index is 13.1. The van der Waals surface area contributed by atoms with Gasteiger partial charge in [-0.05, 0) is 12.3 Å². The van der Waals surface area contributed by atoms with Crippen molar-refractivity contribution in [3.8, 4) is 0 Å². The number of nitrogen functional groups attached to an aromatic ring is 1. The first-order valence-electron chi connectivity index (χ1n) is 12.7. The number of hydrogen-bond acceptors (Lipinski definition) is 18. The van der Waals surface area contributed by atoms with Gasteiger partial charge in [0, 0.05) is 11.8 Å². The summed E-state index contributed by atoms with van der Waals surface area (Å²) in [6, 6.07) is 1.63. The quantitative estimate of drug-likeness (QED) is 0.112. The number of aromatic nitrogens is 6. The second-order valence-electron chi connectivity index (χ2n) is 10.1. The van der Waals surface area contributed by atoms with Gasteiger partial charge in [0.15, 0.2) is 22.6 Å². The fourth-order valence-corrected chi connectivity index (χ4v) is 7.71. The molecule has 2 saturated heterocycles. The van der Waals surface area contributed by atoms with Crippen molar-refractivity contribution in [2.24, 2.45) is 5.92 Å². The predicted molar refractivity (Wildman–Crippen MR) is 143 cm³/mol. The van der Waals surface area contributed by atoms with E-state index in [0.29, 0.717) is 12.3 Å². The molecular weight excluding hydrogens is 689 g/mol. The number of carbonyl (C=O) groups excluding carboxylic acids is 1. The van der Waals surface area contributed by atoms with Crippen molar-refractivity contribution in [1.82, 2.24) is 29.7 Å². The molecule has 3 aromatic rings. The molecule has 2 aliphatic rings. The minimum Gasteiger partial charge on any atom is -0.756 e. The van der Waals surface area contributed by atoms with Crippen LogP contribution in [0.15, 0.2) is 12.4 Å². The van der Waals surface area contributed by atoms with E-state index in [2.05, 4.69) is 43.6 Å². The Labute approximate surface area is 257 Å². The number of nitrogens with zero attached hydrogens (tertiary/aromatic N) is 4. The number of nitrogens with two attached hydrogens (primary N) is 1. The molecule has 26 heteroatoms. The van der Waals surface area contributed by atoms with Crippen LogP contribution in [-0.4, -0.2) is 71.7 Å². The normalized spacial score (nSPS) is 27.2. The molecule has 3 aromatic heterocycles. The van der Waals surface area contributed by atoms with Crippen LogP contribution in [0.3, 0.4) is 0 Å². The Morgan fingerprint density at radius 1 is 1.20 bits per heavy atom. The summed E-state index contributed by atoms with van der Waals surface area (Å²) in [6.45, 7) is 3.01. The molecule has 0 radical (unpaired) electrons. The Hall–Kier alpha value is -2.46. The number of imidazole rings is 1. The molecule has 6 N–H and O–H groups in total. The SMILES string of the molecule is CC(C)Cc1cc(NC(=O)[C@@H]2OC3C(COP(=O)([O-])OP(=O)([O-])OP(=O)([O-])O)OC(n4cnc5c(=S)nc(N)[nH]c54)C3O2)n[nH]1. The van der Waals surface area contributed by atoms with Gasteiger partial charge < -0.3 is 54.3 Å². The Morgan fingerprint density at radius 2 is 1.91 bits per heavy atom. The maximum Gasteiger partial charge on any atom is 0.282 e. The highest BCUT2D eigenvalue weighted by atomic mass is 32.1. The van der Waals surface area contributed by atoms with Gasteiger partial charge in [0.05, 0.1) is 12.9 Å². The Bertz CT molecular complexity index is 1790. The van der Waals surface area contributed by atoms with Crippen molar-refractivity contribution < 1.29 is 65.4 Å². The largest absolute Gasteiger partial charge is 0.756 e. The van der Waals surface area contributed by atoms with Crippen molar-refractivity contribution in [2.45, 2.75) is 51.1 Å². The van der Waals surface area contributed by atoms with Crippen LogP contribution in [0.5, 0.6) is 0 Å². The minimum atomic E-state index is -6.15. The number of anilines is 2. The number of hydrogen-bond donors (Lipinski definition) is 5. The third-order valence-electron chi connectivity index (χ3n) is 6.11. The van der Waals surface area contributed by atoms with E-state index in [-0.39, 0.29) is 27.6 Å². The second kappa shape index (κ2) is 12.6. The molecule has 0 bridgehead atoms. The summed E-state index contributed by atoms with van der Waals surface area (Å²) in [4.78, 5) is 67.0. The maximum absolute atomic E-state index is 13.1. The average molecular weight is 713 g/mol. The molecule has 0 spiro atoms. The van der Waals surface area contributed by atoms with Gasteiger partial charge in [-0.25, -0.2) is 18.6 Å². The molecule has 0 aromatic carbocycles. The molecule has 0 aliphatic carbocycles. The Morgan fingerprint density at radius 3 is 2.60 bits per heavy atom. The lowest BCUT2D eigenvalue weighted by atomic mass is 10.1. The van der Waals surface area contributed by atoms with Crippen molar-refractivity contribution in [3.05, 3.63) is 22.7 Å². The first-order valence-corrected chi connectivity index (χ1v) is 17.5. The number of rotatable bonds is 12. The molecule has 45 heavy (non-hydrogen) atoms. The highest BCUT2D eigenvalue weighted by molar-refractivity contribution is 7.71. The predicted octanol–water partition coefficient (Wildman–Crippen LogP) is -0.914. The van der Waals surface area contributed by atoms with Gasteiger partial charge in [-0.3, -0.25) is 28.2 Å². The fourth-order valence-electron chi connectivity index (χ4n) is 4.57. The van der Waals surface area contributed by atoms with E-state index in [9.17, 15) is 33.2 Å². The topological polar surface area (TPSA) is 326 Å². The molecule has 0 saturated carbocycles. The van der Waals surface area contributed by atoms with Crippen LogP contribution >= 0.6 is 35.7 Å². The summed E-state index contributed by atoms with van der Waals surface area (Å²) < 4.78 is 64.9. The molecule has 22 nitrogen and oxygen atoms in total. The standard InChI is InChI=1S/C19H27N8O14P3S/c1-7(2)3-8-4-10(26-25-8)22-15(28)18-38-12-9(5-36-43(32,33)41-44(34,35)40-42(29,30)31)37-17(13(12)39-18)27-6-21-11-14(27)23-19(20)24-16(11)45/h4,6-7,9,12-13,17-18H,3,5H2,1-2H3,(H,32,33)(H,34,35)(H2,29,30,31)(H3,20,23,24,45)(H2,22,25,26,28)/p-3/t9?,12?,13?,17?,18-/m1/s1. The van der Waals surface area contributed by atoms with Crippen molar-refractivity contribution in [2.75, 3.05) is 17.7 Å². The zero-order valence-electron chi connectivity index (χ0n) is 22.9. The van der Waals surface area contributed by atoms with Crippen LogP contribution in [0.2, 0.25) is 0 Å². The summed E-state index contributed by atoms with van der Waals surface area (Å²) in [5.41, 5.74) is 6.99. The smallest absolute Gasteiger partial charge is 0.282 e. The van der Waals surface area contributed by atoms with Gasteiger partial charge in [0.1, 0.15) is 29.5 Å². The van der Waals surface area contributed by atoms with Crippen molar-refractivity contribution in [1.29, 1.82) is 0 Å². The van der Waals surface area contributed by atoms with Crippen molar-refractivity contribution >= 4 is 64.5 Å². The van der Waals surface area contributed by atoms with E-state index in [0.717, 1.165) is 5.69 Å². The lowest BCUT2D eigenvalue weighted by Gasteiger charge is -2.33. The van der Waals surface area contributed by atoms with Crippen LogP contribution in [-0.2, 0) is 52.3 Å². The summed E-state index contributed by atoms with van der Waals surface area (Å²) in [5, 5.41) is 9.38. The van der Waals surface area contributed by atoms with E-state index >= 15 is 0 Å². The summed E-state index contributed by atoms with van der Waals surface area (Å²) in [5.74, 6) is -0.346. The molecule has 5 rings (SSSR count). The molecule has 8 atom stereocenters. The number of H-pyrrole nitrogens is 2. The van der Waals surface area contributed by atoms with Gasteiger partial charge >= 0.3 is 0 Å². The summed E-state index contributed by atoms with van der Waals surface area (Å²) >= 11 is 5.19. The van der Waals surface area contributed by atoms with E-state index in [4.69, 9.17) is 37.1 Å². The van der Waals surface area contributed by atoms with Crippen LogP contribution in [0, 0.1) is 10.6 Å². The highest BCUT2D eigenvalue weighted by Gasteiger charge is 2.55. The van der Waals surface area contributed by atoms with Crippen LogP contribution in [0.1, 0.15) is 25.8 Å². The summed E-state index contributed by atoms with van der Waals surface area (Å²) in [6.07, 6.45) is -4.56. The van der Waals surface area contributed by atoms with E-state index in [1.54, 1.807) is 6.07 Å². The second-order valence-corrected chi connectivity index (χ2v) is 14.7. The number of phosphoric acid groups is 3. The highest BCUT2D eigenvalue weighted by Crippen LogP contribution is 2.61. The molecule has 7 unspecified atom stereocenters. The van der Waals surface area contributed by atoms with Gasteiger partial charge in [-0.2, -0.15) is 5.10 Å². The zero-order valence-corrected chi connectivity index (χ0v) is 26.4. The number of carbonyl (C=O) groups is 1. The number of phosphoric ester groups is 1. The fraction of sp³-hybridized carbons (Fsp3) is 0.526. The molecule has 5 heterocycles. The lowest BCUT2D eigenvalue weighted by molar-refractivity contribution is -0.250. The van der Waals surface area contributed by atoms with Gasteiger partial charge in [-0.1, -0.05) is 26.1 Å². The number of fused-ring (bicyclic) bond motifs is 2. The van der Waals surface area contributed by atoms with E-state index in [1.165, 1.54) is 10.9 Å². The van der Waals surface area contributed by atoms with Gasteiger partial charge in [-0.15, -0.1) is 0 Å². The molecule has 2 aliphatic heterocycles. The number of aromatic amines is 2. The zero-order chi connectivity index (χ0) is 32.9. The van der Waals surface area contributed by atoms with E-state index in [1.807, 2.05) is 13.8 Å². The molecule has 2 fully saturated rings. The molecular formula is C19H24N8O14P3S-3. The van der Waals surface area contributed by atoms with Crippen molar-refractivity contribution in [3.63, 3.8) is 0 Å². The number of amides is 1. The first kappa shape index (κ1) is 33.9. The van der Waals surface area contributed by atoms with Crippen LogP contribution in [0.4, 0.5) is 11.8 Å². The van der Waals surface area contributed by atoms with Crippen LogP contribution in [0.25, 0.3) is 11.2 Å². The third-order valence-corrected chi connectivity index (χ3v) is 10.1. The Kier molecular flexibility index (Phi) is 9.51. The molecule has 1 amide bonds. The van der Waals surface area contributed by atoms with Crippen LogP contribution < -0.4 is 25.7 Å². The lowest BCUT2D eigenvalue weighted by Crippen LogP contribution is -2.34. The Balaban J connectivity index is 1.36. The van der Waals surface area contributed by atoms with Gasteiger partial charge in [0.2, 0.25) is 6.29 Å². The van der Waals surface area contributed by atoms with E-state index < -0.39 is 66.8 Å². The third kappa shape index (κ3) is 8.10. The average Bonchev–Trinajstić information content (AvgIpc) is 3.64. The monoisotopic (exact) mass is 713 g/mol. The number of nitrogens with one attached hydrogen (secondary N) is 3. The summed E-state index contributed by atoms with van der Waals surface area (Å²) in [7, 11) is -18.0. The minimum absolute atomic E-state index is 0.0466. The van der Waals surface area contributed by atoms with Gasteiger partial charge in [0.25, 0.3) is 29.4 Å². The molecule has 248 valence electrons. The number of ether oxygens (including phenoxy) is 3. The first-order chi connectivity index (χ1) is 20.9.